The van der Waals surface area contributed by atoms with E-state index in [1.807, 2.05) is 0 Å². The Bertz CT molecular complexity index is 893. The minimum atomic E-state index is -1.05. The minimum Gasteiger partial charge on any atom is -0.507 e. The van der Waals surface area contributed by atoms with E-state index in [1.165, 1.54) is 24.6 Å². The number of carboxylic acids is 1. The average Bonchev–Trinajstić information content (AvgIpc) is 2.67. The van der Waals surface area contributed by atoms with Crippen molar-refractivity contribution in [2.75, 3.05) is 6.54 Å². The van der Waals surface area contributed by atoms with Gasteiger partial charge in [0.2, 0.25) is 5.96 Å². The monoisotopic (exact) mass is 382 g/mol. The summed E-state index contributed by atoms with van der Waals surface area (Å²) in [5.41, 5.74) is 6.67. The second-order valence-corrected chi connectivity index (χ2v) is 5.89. The van der Waals surface area contributed by atoms with Crippen molar-refractivity contribution in [3.63, 3.8) is 0 Å². The number of carboxylic acid groups (broad SMARTS) is 1. The van der Waals surface area contributed by atoms with Crippen LogP contribution in [-0.2, 0) is 4.79 Å². The van der Waals surface area contributed by atoms with Crippen molar-refractivity contribution in [2.24, 2.45) is 20.7 Å². The predicted octanol–water partition coefficient (Wildman–Crippen LogP) is 2.18. The first-order valence-electron chi connectivity index (χ1n) is 8.63. The van der Waals surface area contributed by atoms with Gasteiger partial charge in [0.05, 0.1) is 0 Å². The Labute approximate surface area is 162 Å². The van der Waals surface area contributed by atoms with Crippen LogP contribution in [0.15, 0.2) is 63.5 Å². The van der Waals surface area contributed by atoms with E-state index in [1.54, 1.807) is 36.4 Å². The third-order valence-electron chi connectivity index (χ3n) is 3.80. The molecule has 0 saturated heterocycles. The van der Waals surface area contributed by atoms with Crippen LogP contribution in [0.3, 0.4) is 0 Å². The summed E-state index contributed by atoms with van der Waals surface area (Å²) in [5.74, 6) is -0.894. The van der Waals surface area contributed by atoms with E-state index in [0.29, 0.717) is 24.1 Å². The smallest absolute Gasteiger partial charge is 0.328 e. The van der Waals surface area contributed by atoms with Crippen molar-refractivity contribution < 1.29 is 20.1 Å². The highest BCUT2D eigenvalue weighted by Crippen LogP contribution is 2.14. The predicted molar refractivity (Wildman–Crippen MR) is 109 cm³/mol. The lowest BCUT2D eigenvalue weighted by Gasteiger charge is -2.06. The zero-order valence-electron chi connectivity index (χ0n) is 15.1. The molecule has 0 radical (unpaired) electrons. The summed E-state index contributed by atoms with van der Waals surface area (Å²) in [6.45, 7) is 0.292. The van der Waals surface area contributed by atoms with Crippen LogP contribution in [-0.4, -0.2) is 52.3 Å². The van der Waals surface area contributed by atoms with Gasteiger partial charge in [-0.2, -0.15) is 0 Å². The normalized spacial score (nSPS) is 13.2. The fourth-order valence-electron chi connectivity index (χ4n) is 2.28. The molecule has 5 N–H and O–H groups in total. The molecular formula is C20H22N4O4. The fourth-order valence-corrected chi connectivity index (χ4v) is 2.28. The highest BCUT2D eigenvalue weighted by Gasteiger charge is 2.14. The van der Waals surface area contributed by atoms with Crippen LogP contribution < -0.4 is 5.73 Å². The van der Waals surface area contributed by atoms with E-state index in [4.69, 9.17) is 5.73 Å². The van der Waals surface area contributed by atoms with Crippen LogP contribution >= 0.6 is 0 Å². The Kier molecular flexibility index (Phi) is 7.71. The highest BCUT2D eigenvalue weighted by atomic mass is 16.4. The summed E-state index contributed by atoms with van der Waals surface area (Å²) in [6, 6.07) is 12.3. The third-order valence-corrected chi connectivity index (χ3v) is 3.80. The minimum absolute atomic E-state index is 0.0350. The molecule has 0 aliphatic carbocycles. The number of benzene rings is 2. The van der Waals surface area contributed by atoms with Gasteiger partial charge in [-0.1, -0.05) is 24.3 Å². The number of guanidine groups is 1. The van der Waals surface area contributed by atoms with Crippen molar-refractivity contribution in [3.05, 3.63) is 59.7 Å². The lowest BCUT2D eigenvalue weighted by atomic mass is 10.1. The molecular weight excluding hydrogens is 360 g/mol. The van der Waals surface area contributed by atoms with Crippen molar-refractivity contribution in [3.8, 4) is 11.5 Å². The Morgan fingerprint density at radius 2 is 1.57 bits per heavy atom. The number of nitrogens with zero attached hydrogens (tertiary/aromatic N) is 3. The van der Waals surface area contributed by atoms with Crippen LogP contribution in [0.25, 0.3) is 0 Å². The van der Waals surface area contributed by atoms with Gasteiger partial charge in [-0.25, -0.2) is 9.79 Å². The van der Waals surface area contributed by atoms with Crippen molar-refractivity contribution in [1.82, 2.24) is 0 Å². The molecule has 146 valence electrons. The van der Waals surface area contributed by atoms with Gasteiger partial charge >= 0.3 is 5.97 Å². The van der Waals surface area contributed by atoms with E-state index in [-0.39, 0.29) is 23.9 Å². The third kappa shape index (κ3) is 6.56. The lowest BCUT2D eigenvalue weighted by Crippen LogP contribution is -2.18. The number of carbonyl (C=O) groups is 1. The molecule has 1 atom stereocenters. The van der Waals surface area contributed by atoms with Gasteiger partial charge in [-0.05, 0) is 37.1 Å². The number of aliphatic imine (C=N–C) groups is 3. The Hall–Kier alpha value is -3.68. The first-order valence-corrected chi connectivity index (χ1v) is 8.63. The molecule has 8 nitrogen and oxygen atoms in total. The summed E-state index contributed by atoms with van der Waals surface area (Å²) in [7, 11) is 0. The first-order chi connectivity index (χ1) is 13.5. The maximum Gasteiger partial charge on any atom is 0.328 e. The number of phenols is 2. The van der Waals surface area contributed by atoms with Crippen molar-refractivity contribution >= 4 is 24.4 Å². The zero-order valence-corrected chi connectivity index (χ0v) is 15.1. The number of aliphatic carboxylic acids is 1. The molecule has 8 heteroatoms. The summed E-state index contributed by atoms with van der Waals surface area (Å²) in [5, 5.41) is 28.6. The summed E-state index contributed by atoms with van der Waals surface area (Å²) >= 11 is 0. The standard InChI is InChI=1S/C20H22N4O4/c21-20(24-13-15-7-2-4-10-18(15)26)22-11-5-8-16(19(27)28)23-12-14-6-1-3-9-17(14)25/h1-4,6-7,9-10,12-13,16,25-26H,5,8,11H2,(H2,21,22)(H,27,28). The van der Waals surface area contributed by atoms with E-state index in [0.717, 1.165) is 0 Å². The molecule has 2 aromatic carbocycles. The van der Waals surface area contributed by atoms with Gasteiger partial charge in [-0.3, -0.25) is 9.98 Å². The molecule has 0 saturated carbocycles. The number of hydrogen-bond donors (Lipinski definition) is 4. The molecule has 0 amide bonds. The molecule has 2 aromatic rings. The van der Waals surface area contributed by atoms with Gasteiger partial charge in [0.15, 0.2) is 0 Å². The van der Waals surface area contributed by atoms with Crippen molar-refractivity contribution in [1.29, 1.82) is 0 Å². The van der Waals surface area contributed by atoms with E-state index >= 15 is 0 Å². The maximum absolute atomic E-state index is 11.3. The van der Waals surface area contributed by atoms with Gasteiger partial charge in [0, 0.05) is 30.1 Å². The number of aromatic hydroxyl groups is 2. The number of phenolic OH excluding ortho intramolecular Hbond substituents is 2. The molecule has 2 rings (SSSR count). The van der Waals surface area contributed by atoms with Crippen LogP contribution in [0.1, 0.15) is 24.0 Å². The van der Waals surface area contributed by atoms with Gasteiger partial charge < -0.3 is 21.1 Å². The number of rotatable bonds is 8. The van der Waals surface area contributed by atoms with Crippen molar-refractivity contribution in [2.45, 2.75) is 18.9 Å². The van der Waals surface area contributed by atoms with Crippen LogP contribution in [0.4, 0.5) is 0 Å². The molecule has 1 unspecified atom stereocenters. The summed E-state index contributed by atoms with van der Waals surface area (Å²) in [4.78, 5) is 23.4. The summed E-state index contributed by atoms with van der Waals surface area (Å²) in [6.07, 6.45) is 3.47. The van der Waals surface area contributed by atoms with E-state index < -0.39 is 12.0 Å². The van der Waals surface area contributed by atoms with Gasteiger partial charge in [0.25, 0.3) is 0 Å². The molecule has 0 spiro atoms. The second-order valence-electron chi connectivity index (χ2n) is 5.89. The molecule has 0 heterocycles. The van der Waals surface area contributed by atoms with E-state index in [9.17, 15) is 20.1 Å². The fraction of sp³-hybridized carbons (Fsp3) is 0.200. The lowest BCUT2D eigenvalue weighted by molar-refractivity contribution is -0.138. The second kappa shape index (κ2) is 10.5. The molecule has 0 aromatic heterocycles. The largest absolute Gasteiger partial charge is 0.507 e. The van der Waals surface area contributed by atoms with Gasteiger partial charge in [-0.15, -0.1) is 0 Å². The average molecular weight is 382 g/mol. The topological polar surface area (TPSA) is 141 Å². The number of para-hydroxylation sites is 2. The molecule has 0 bridgehead atoms. The zero-order chi connectivity index (χ0) is 20.4. The Balaban J connectivity index is 1.87. The SMILES string of the molecule is NC(N=Cc1ccccc1O)=NCCCC(N=Cc1ccccc1O)C(=O)O. The van der Waals surface area contributed by atoms with E-state index in [2.05, 4.69) is 15.0 Å². The van der Waals surface area contributed by atoms with Crippen LogP contribution in [0, 0.1) is 0 Å². The number of nitrogens with two attached hydrogens (primary N) is 1. The molecule has 0 fully saturated rings. The maximum atomic E-state index is 11.3. The first kappa shape index (κ1) is 20.6. The highest BCUT2D eigenvalue weighted by molar-refractivity contribution is 5.94. The summed E-state index contributed by atoms with van der Waals surface area (Å²) < 4.78 is 0. The Morgan fingerprint density at radius 1 is 1.00 bits per heavy atom. The number of hydrogen-bond acceptors (Lipinski definition) is 5. The molecule has 0 aliphatic rings. The Morgan fingerprint density at radius 3 is 2.14 bits per heavy atom. The van der Waals surface area contributed by atoms with Crippen LogP contribution in [0.2, 0.25) is 0 Å². The van der Waals surface area contributed by atoms with Gasteiger partial charge in [0.1, 0.15) is 17.5 Å². The molecule has 28 heavy (non-hydrogen) atoms. The quantitative estimate of drug-likeness (QED) is 0.315. The van der Waals surface area contributed by atoms with Crippen LogP contribution in [0.5, 0.6) is 11.5 Å². The molecule has 0 aliphatic heterocycles.